The first-order chi connectivity index (χ1) is 18.6. The Hall–Kier alpha value is -4.61. The van der Waals surface area contributed by atoms with Crippen molar-refractivity contribution in [2.24, 2.45) is 0 Å². The summed E-state index contributed by atoms with van der Waals surface area (Å²) in [5.74, 6) is -0.833. The summed E-state index contributed by atoms with van der Waals surface area (Å²) in [4.78, 5) is 28.4. The molecule has 1 heterocycles. The predicted octanol–water partition coefficient (Wildman–Crippen LogP) is 5.31. The Morgan fingerprint density at radius 2 is 1.56 bits per heavy atom. The molecule has 0 aliphatic carbocycles. The van der Waals surface area contributed by atoms with Crippen LogP contribution in [0, 0.1) is 0 Å². The molecule has 4 aromatic rings. The Morgan fingerprint density at radius 1 is 0.923 bits per heavy atom. The lowest BCUT2D eigenvalue weighted by molar-refractivity contribution is 0.0697. The molecule has 2 N–H and O–H groups in total. The Labute approximate surface area is 229 Å². The molecule has 200 valence electrons. The van der Waals surface area contributed by atoms with Crippen molar-refractivity contribution >= 4 is 44.9 Å². The van der Waals surface area contributed by atoms with E-state index in [1.54, 1.807) is 36.4 Å². The van der Waals surface area contributed by atoms with Crippen LogP contribution in [-0.2, 0) is 10.0 Å². The Morgan fingerprint density at radius 3 is 2.18 bits per heavy atom. The molecular weight excluding hydrogens is 546 g/mol. The number of rotatable bonds is 9. The molecule has 10 nitrogen and oxygen atoms in total. The van der Waals surface area contributed by atoms with Crippen molar-refractivity contribution in [1.82, 2.24) is 4.98 Å². The van der Waals surface area contributed by atoms with Gasteiger partial charge in [-0.1, -0.05) is 11.6 Å². The van der Waals surface area contributed by atoms with Crippen molar-refractivity contribution in [3.63, 3.8) is 0 Å². The summed E-state index contributed by atoms with van der Waals surface area (Å²) < 4.78 is 38.0. The maximum Gasteiger partial charge on any atom is 0.337 e. The molecule has 0 aliphatic rings. The SMILES string of the molecule is COc1ccc(S(=O)(=O)N(C)c2ccc(Oc3ccc(NC(=O)c4cccnc4Cl)c(C(=O)O)c3)cc2)cc1. The zero-order valence-corrected chi connectivity index (χ0v) is 22.2. The number of hydrogen-bond donors (Lipinski definition) is 2. The van der Waals surface area contributed by atoms with Crippen molar-refractivity contribution in [2.75, 3.05) is 23.8 Å². The number of aromatic nitrogens is 1. The number of anilines is 2. The van der Waals surface area contributed by atoms with Gasteiger partial charge < -0.3 is 19.9 Å². The quantitative estimate of drug-likeness (QED) is 0.260. The molecule has 1 aromatic heterocycles. The average molecular weight is 568 g/mol. The number of carbonyl (C=O) groups is 2. The molecule has 0 aliphatic heterocycles. The molecule has 0 unspecified atom stereocenters. The van der Waals surface area contributed by atoms with Crippen LogP contribution >= 0.6 is 11.6 Å². The van der Waals surface area contributed by atoms with Crippen LogP contribution in [0.25, 0.3) is 0 Å². The van der Waals surface area contributed by atoms with Gasteiger partial charge >= 0.3 is 5.97 Å². The van der Waals surface area contributed by atoms with Gasteiger partial charge in [0, 0.05) is 13.2 Å². The molecule has 0 atom stereocenters. The number of benzene rings is 3. The molecule has 12 heteroatoms. The smallest absolute Gasteiger partial charge is 0.337 e. The van der Waals surface area contributed by atoms with E-state index in [1.165, 1.54) is 62.8 Å². The van der Waals surface area contributed by atoms with Gasteiger partial charge in [0.15, 0.2) is 0 Å². The maximum absolute atomic E-state index is 13.0. The normalized spacial score (nSPS) is 10.9. The van der Waals surface area contributed by atoms with Crippen molar-refractivity contribution in [3.05, 3.63) is 101 Å². The fourth-order valence-electron chi connectivity index (χ4n) is 3.52. The second-order valence-electron chi connectivity index (χ2n) is 8.05. The number of halogens is 1. The lowest BCUT2D eigenvalue weighted by Crippen LogP contribution is -2.26. The third kappa shape index (κ3) is 6.11. The largest absolute Gasteiger partial charge is 0.497 e. The predicted molar refractivity (Wildman–Crippen MR) is 146 cm³/mol. The van der Waals surface area contributed by atoms with Crippen LogP contribution in [0.2, 0.25) is 5.15 Å². The van der Waals surface area contributed by atoms with Crippen molar-refractivity contribution in [3.8, 4) is 17.2 Å². The molecule has 1 amide bonds. The van der Waals surface area contributed by atoms with Crippen LogP contribution in [0.4, 0.5) is 11.4 Å². The summed E-state index contributed by atoms with van der Waals surface area (Å²) in [5.41, 5.74) is 0.315. The van der Waals surface area contributed by atoms with Gasteiger partial charge in [0.25, 0.3) is 15.9 Å². The zero-order chi connectivity index (χ0) is 28.2. The van der Waals surface area contributed by atoms with Gasteiger partial charge in [-0.05, 0) is 78.9 Å². The lowest BCUT2D eigenvalue weighted by atomic mass is 10.1. The molecule has 0 saturated heterocycles. The van der Waals surface area contributed by atoms with Crippen molar-refractivity contribution < 1.29 is 32.6 Å². The summed E-state index contributed by atoms with van der Waals surface area (Å²) in [7, 11) is -0.891. The summed E-state index contributed by atoms with van der Waals surface area (Å²) in [5, 5.41) is 12.2. The summed E-state index contributed by atoms with van der Waals surface area (Å²) in [6, 6.07) is 19.4. The highest BCUT2D eigenvalue weighted by Crippen LogP contribution is 2.30. The number of sulfonamides is 1. The molecule has 0 radical (unpaired) electrons. The van der Waals surface area contributed by atoms with Crippen LogP contribution in [0.5, 0.6) is 17.2 Å². The highest BCUT2D eigenvalue weighted by atomic mass is 35.5. The van der Waals surface area contributed by atoms with Crippen LogP contribution in [0.3, 0.4) is 0 Å². The molecule has 4 rings (SSSR count). The van der Waals surface area contributed by atoms with Gasteiger partial charge in [-0.15, -0.1) is 0 Å². The number of carboxylic acids is 1. The van der Waals surface area contributed by atoms with Crippen molar-refractivity contribution in [2.45, 2.75) is 4.90 Å². The van der Waals surface area contributed by atoms with Gasteiger partial charge in [-0.3, -0.25) is 9.10 Å². The zero-order valence-electron chi connectivity index (χ0n) is 20.7. The molecule has 0 spiro atoms. The number of amides is 1. The van der Waals surface area contributed by atoms with Crippen molar-refractivity contribution in [1.29, 1.82) is 0 Å². The fourth-order valence-corrected chi connectivity index (χ4v) is 4.92. The number of aromatic carboxylic acids is 1. The minimum Gasteiger partial charge on any atom is -0.497 e. The Balaban J connectivity index is 1.50. The van der Waals surface area contributed by atoms with E-state index in [0.29, 0.717) is 17.2 Å². The number of nitrogens with one attached hydrogen (secondary N) is 1. The fraction of sp³-hybridized carbons (Fsp3) is 0.0741. The highest BCUT2D eigenvalue weighted by molar-refractivity contribution is 7.92. The molecule has 39 heavy (non-hydrogen) atoms. The first-order valence-corrected chi connectivity index (χ1v) is 13.1. The molecule has 0 saturated carbocycles. The first kappa shape index (κ1) is 27.4. The Bertz CT molecular complexity index is 1630. The van der Waals surface area contributed by atoms with E-state index >= 15 is 0 Å². The van der Waals surface area contributed by atoms with Gasteiger partial charge in [0.2, 0.25) is 0 Å². The van der Waals surface area contributed by atoms with E-state index in [9.17, 15) is 23.1 Å². The van der Waals surface area contributed by atoms with E-state index in [4.69, 9.17) is 21.1 Å². The number of ether oxygens (including phenoxy) is 2. The van der Waals surface area contributed by atoms with Gasteiger partial charge in [-0.25, -0.2) is 18.2 Å². The molecule has 3 aromatic carbocycles. The summed E-state index contributed by atoms with van der Waals surface area (Å²) in [6.07, 6.45) is 1.43. The second kappa shape index (κ2) is 11.4. The second-order valence-corrected chi connectivity index (χ2v) is 10.4. The maximum atomic E-state index is 13.0. The number of pyridine rings is 1. The van der Waals surface area contributed by atoms with Crippen LogP contribution < -0.4 is 19.1 Å². The van der Waals surface area contributed by atoms with Gasteiger partial charge in [-0.2, -0.15) is 0 Å². The van der Waals surface area contributed by atoms with E-state index in [1.807, 2.05) is 0 Å². The minimum absolute atomic E-state index is 0.0160. The number of methoxy groups -OCH3 is 1. The monoisotopic (exact) mass is 567 g/mol. The van der Waals surface area contributed by atoms with Crippen LogP contribution in [0.1, 0.15) is 20.7 Å². The average Bonchev–Trinajstić information content (AvgIpc) is 2.94. The van der Waals surface area contributed by atoms with E-state index < -0.39 is 21.9 Å². The third-order valence-electron chi connectivity index (χ3n) is 5.63. The van der Waals surface area contributed by atoms with Crippen LogP contribution in [0.15, 0.2) is 90.0 Å². The molecule has 0 bridgehead atoms. The molecular formula is C27H22ClN3O7S. The third-order valence-corrected chi connectivity index (χ3v) is 7.73. The van der Waals surface area contributed by atoms with E-state index in [0.717, 1.165) is 4.31 Å². The van der Waals surface area contributed by atoms with E-state index in [-0.39, 0.29) is 32.6 Å². The lowest BCUT2D eigenvalue weighted by Gasteiger charge is -2.20. The summed E-state index contributed by atoms with van der Waals surface area (Å²) in [6.45, 7) is 0. The number of carbonyl (C=O) groups excluding carboxylic acids is 1. The number of hydrogen-bond acceptors (Lipinski definition) is 7. The van der Waals surface area contributed by atoms with E-state index in [2.05, 4.69) is 10.3 Å². The molecule has 0 fully saturated rings. The topological polar surface area (TPSA) is 135 Å². The summed E-state index contributed by atoms with van der Waals surface area (Å²) >= 11 is 5.95. The highest BCUT2D eigenvalue weighted by Gasteiger charge is 2.22. The van der Waals surface area contributed by atoms with Gasteiger partial charge in [0.05, 0.1) is 34.5 Å². The Kier molecular flexibility index (Phi) is 8.03. The standard InChI is InChI=1S/C27H22ClN3O7S/c1-31(39(35,36)21-12-9-18(37-2)10-13-21)17-5-7-19(8-6-17)38-20-11-14-24(23(16-20)27(33)34)30-26(32)22-4-3-15-29-25(22)28/h3-16H,1-2H3,(H,30,32)(H,33,34). The number of carboxylic acid groups (broad SMARTS) is 1. The first-order valence-electron chi connectivity index (χ1n) is 11.3. The number of nitrogens with zero attached hydrogens (tertiary/aromatic N) is 2. The minimum atomic E-state index is -3.82. The van der Waals surface area contributed by atoms with Gasteiger partial charge in [0.1, 0.15) is 22.4 Å². The van der Waals surface area contributed by atoms with Crippen LogP contribution in [-0.4, -0.2) is 44.5 Å².